The Balaban J connectivity index is 1.50. The molecule has 10 heteroatoms. The van der Waals surface area contributed by atoms with Crippen molar-refractivity contribution in [2.24, 2.45) is 5.10 Å². The van der Waals surface area contributed by atoms with E-state index in [0.717, 1.165) is 38.5 Å². The van der Waals surface area contributed by atoms with E-state index in [-0.39, 0.29) is 5.91 Å². The third kappa shape index (κ3) is 7.00. The Morgan fingerprint density at radius 1 is 1.11 bits per heavy atom. The fourth-order valence-corrected chi connectivity index (χ4v) is 4.90. The molecule has 3 aromatic carbocycles. The molecule has 1 unspecified atom stereocenters. The number of aromatic nitrogens is 3. The average molecular weight is 598 g/mol. The molecule has 2 N–H and O–H groups in total. The molecule has 0 fully saturated rings. The van der Waals surface area contributed by atoms with Crippen LogP contribution in [0.25, 0.3) is 5.69 Å². The quantitative estimate of drug-likeness (QED) is 0.129. The van der Waals surface area contributed by atoms with Crippen LogP contribution >= 0.6 is 39.3 Å². The van der Waals surface area contributed by atoms with Crippen LogP contribution in [0.1, 0.15) is 30.8 Å². The minimum Gasteiger partial charge on any atom is -0.378 e. The van der Waals surface area contributed by atoms with Crippen LogP contribution in [-0.4, -0.2) is 31.6 Å². The molecule has 0 saturated carbocycles. The Bertz CT molecular complexity index is 1410. The maximum Gasteiger partial charge on any atom is 0.253 e. The molecule has 190 valence electrons. The molecule has 0 spiro atoms. The summed E-state index contributed by atoms with van der Waals surface area (Å²) in [5.74, 6) is 0.500. The second kappa shape index (κ2) is 12.4. The summed E-state index contributed by atoms with van der Waals surface area (Å²) in [6.45, 7) is 6.12. The van der Waals surface area contributed by atoms with Crippen LogP contribution in [0.3, 0.4) is 0 Å². The second-order valence-corrected chi connectivity index (χ2v) is 11.0. The molecule has 0 aliphatic heterocycles. The lowest BCUT2D eigenvalue weighted by molar-refractivity contribution is -0.120. The monoisotopic (exact) mass is 596 g/mol. The number of carbonyl (C=O) groups is 1. The standard InChI is InChI=1S/C27H26BrClN6OS/c1-17-15-22(29)13-14-24(17)30-16-25-32-34-27(35(25)23-7-5-4-6-8-23)37-19(3)26(36)33-31-18(2)20-9-11-21(28)12-10-20/h4-15,19,30H,16H2,1-3H3,(H,33,36)/b31-18+. The predicted molar refractivity (Wildman–Crippen MR) is 155 cm³/mol. The number of thioether (sulfide) groups is 1. The van der Waals surface area contributed by atoms with E-state index in [1.165, 1.54) is 11.8 Å². The second-order valence-electron chi connectivity index (χ2n) is 8.32. The zero-order valence-electron chi connectivity index (χ0n) is 20.6. The van der Waals surface area contributed by atoms with E-state index < -0.39 is 5.25 Å². The maximum atomic E-state index is 12.8. The number of nitrogens with zero attached hydrogens (tertiary/aromatic N) is 4. The van der Waals surface area contributed by atoms with Gasteiger partial charge in [0.25, 0.3) is 5.91 Å². The van der Waals surface area contributed by atoms with Gasteiger partial charge < -0.3 is 5.32 Å². The van der Waals surface area contributed by atoms with Crippen molar-refractivity contribution in [3.05, 3.63) is 99.2 Å². The molecule has 4 aromatic rings. The van der Waals surface area contributed by atoms with Gasteiger partial charge in [-0.1, -0.05) is 69.6 Å². The summed E-state index contributed by atoms with van der Waals surface area (Å²) in [4.78, 5) is 12.8. The zero-order valence-corrected chi connectivity index (χ0v) is 23.7. The van der Waals surface area contributed by atoms with Crippen molar-refractivity contribution >= 4 is 56.6 Å². The number of halogens is 2. The Hall–Kier alpha value is -3.14. The first-order valence-corrected chi connectivity index (χ1v) is 13.6. The van der Waals surface area contributed by atoms with Crippen LogP contribution in [0.4, 0.5) is 5.69 Å². The van der Waals surface area contributed by atoms with Gasteiger partial charge in [0.1, 0.15) is 0 Å². The third-order valence-corrected chi connectivity index (χ3v) is 7.39. The number of nitrogens with one attached hydrogen (secondary N) is 2. The van der Waals surface area contributed by atoms with Crippen molar-refractivity contribution in [1.82, 2.24) is 20.2 Å². The Labute approximate surface area is 233 Å². The molecule has 1 atom stereocenters. The maximum absolute atomic E-state index is 12.8. The smallest absolute Gasteiger partial charge is 0.253 e. The Morgan fingerprint density at radius 2 is 1.84 bits per heavy atom. The van der Waals surface area contributed by atoms with Crippen molar-refractivity contribution in [1.29, 1.82) is 0 Å². The lowest BCUT2D eigenvalue weighted by atomic mass is 10.1. The fourth-order valence-electron chi connectivity index (χ4n) is 3.52. The summed E-state index contributed by atoms with van der Waals surface area (Å²) in [5, 5.41) is 17.4. The number of hydrogen-bond donors (Lipinski definition) is 2. The van der Waals surface area contributed by atoms with E-state index in [1.54, 1.807) is 0 Å². The van der Waals surface area contributed by atoms with E-state index in [0.29, 0.717) is 16.7 Å². The molecule has 4 rings (SSSR count). The highest BCUT2D eigenvalue weighted by molar-refractivity contribution is 9.10. The highest BCUT2D eigenvalue weighted by Crippen LogP contribution is 2.27. The van der Waals surface area contributed by atoms with Crippen LogP contribution in [0.5, 0.6) is 0 Å². The number of hydrogen-bond acceptors (Lipinski definition) is 6. The van der Waals surface area contributed by atoms with Gasteiger partial charge in [-0.25, -0.2) is 5.43 Å². The van der Waals surface area contributed by atoms with Gasteiger partial charge in [-0.3, -0.25) is 9.36 Å². The average Bonchev–Trinajstić information content (AvgIpc) is 3.29. The number of hydrazone groups is 1. The SMILES string of the molecule is C/C(=N\NC(=O)C(C)Sc1nnc(CNc2ccc(Cl)cc2C)n1-c1ccccc1)c1ccc(Br)cc1. The van der Waals surface area contributed by atoms with Gasteiger partial charge >= 0.3 is 0 Å². The van der Waals surface area contributed by atoms with E-state index >= 15 is 0 Å². The van der Waals surface area contributed by atoms with Crippen molar-refractivity contribution in [2.75, 3.05) is 5.32 Å². The number of para-hydroxylation sites is 1. The molecule has 0 aliphatic rings. The lowest BCUT2D eigenvalue weighted by Gasteiger charge is -2.14. The van der Waals surface area contributed by atoms with Gasteiger partial charge in [-0.15, -0.1) is 10.2 Å². The van der Waals surface area contributed by atoms with Crippen LogP contribution < -0.4 is 10.7 Å². The molecule has 1 amide bonds. The molecule has 0 aliphatic carbocycles. The molecular weight excluding hydrogens is 572 g/mol. The molecule has 0 bridgehead atoms. The van der Waals surface area contributed by atoms with Gasteiger partial charge in [-0.2, -0.15) is 5.10 Å². The summed E-state index contributed by atoms with van der Waals surface area (Å²) in [5.41, 5.74) is 7.24. The molecular formula is C27H26BrClN6OS. The number of rotatable bonds is 9. The Kier molecular flexibility index (Phi) is 9.02. The molecule has 0 radical (unpaired) electrons. The van der Waals surface area contributed by atoms with Crippen molar-refractivity contribution in [3.8, 4) is 5.69 Å². The summed E-state index contributed by atoms with van der Waals surface area (Å²) in [6, 6.07) is 23.3. The first kappa shape index (κ1) is 26.9. The van der Waals surface area contributed by atoms with E-state index in [4.69, 9.17) is 11.6 Å². The van der Waals surface area contributed by atoms with Crippen LogP contribution in [0.2, 0.25) is 5.02 Å². The highest BCUT2D eigenvalue weighted by atomic mass is 79.9. The van der Waals surface area contributed by atoms with Crippen molar-refractivity contribution in [2.45, 2.75) is 37.7 Å². The van der Waals surface area contributed by atoms with Crippen molar-refractivity contribution < 1.29 is 4.79 Å². The molecule has 0 saturated heterocycles. The van der Waals surface area contributed by atoms with Gasteiger partial charge in [-0.05, 0) is 74.4 Å². The molecule has 7 nitrogen and oxygen atoms in total. The lowest BCUT2D eigenvalue weighted by Crippen LogP contribution is -2.28. The minimum atomic E-state index is -0.451. The first-order chi connectivity index (χ1) is 17.8. The fraction of sp³-hybridized carbons (Fsp3) is 0.185. The summed E-state index contributed by atoms with van der Waals surface area (Å²) in [6.07, 6.45) is 0. The zero-order chi connectivity index (χ0) is 26.4. The van der Waals surface area contributed by atoms with Gasteiger partial charge in [0, 0.05) is 20.9 Å². The van der Waals surface area contributed by atoms with E-state index in [2.05, 4.69) is 42.0 Å². The minimum absolute atomic E-state index is 0.222. The van der Waals surface area contributed by atoms with Gasteiger partial charge in [0.2, 0.25) is 0 Å². The Morgan fingerprint density at radius 3 is 2.54 bits per heavy atom. The van der Waals surface area contributed by atoms with E-state index in [9.17, 15) is 4.79 Å². The summed E-state index contributed by atoms with van der Waals surface area (Å²) in [7, 11) is 0. The largest absolute Gasteiger partial charge is 0.378 e. The number of carbonyl (C=O) groups excluding carboxylic acids is 1. The normalized spacial score (nSPS) is 12.3. The number of amides is 1. The van der Waals surface area contributed by atoms with Gasteiger partial charge in [0.15, 0.2) is 11.0 Å². The number of aryl methyl sites for hydroxylation is 1. The van der Waals surface area contributed by atoms with E-state index in [1.807, 2.05) is 98.1 Å². The van der Waals surface area contributed by atoms with Crippen LogP contribution in [0.15, 0.2) is 87.5 Å². The van der Waals surface area contributed by atoms with Gasteiger partial charge in [0.05, 0.1) is 17.5 Å². The molecule has 37 heavy (non-hydrogen) atoms. The number of benzene rings is 3. The highest BCUT2D eigenvalue weighted by Gasteiger charge is 2.21. The topological polar surface area (TPSA) is 84.2 Å². The molecule has 1 heterocycles. The predicted octanol–water partition coefficient (Wildman–Crippen LogP) is 6.62. The number of anilines is 1. The first-order valence-electron chi connectivity index (χ1n) is 11.6. The molecule has 1 aromatic heterocycles. The summed E-state index contributed by atoms with van der Waals surface area (Å²) < 4.78 is 2.95. The third-order valence-electron chi connectivity index (χ3n) is 5.59. The van der Waals surface area contributed by atoms with Crippen LogP contribution in [-0.2, 0) is 11.3 Å². The van der Waals surface area contributed by atoms with Crippen LogP contribution in [0, 0.1) is 6.92 Å². The summed E-state index contributed by atoms with van der Waals surface area (Å²) >= 11 is 10.8. The van der Waals surface area contributed by atoms with Crippen molar-refractivity contribution in [3.63, 3.8) is 0 Å².